The van der Waals surface area contributed by atoms with Gasteiger partial charge in [-0.15, -0.1) is 0 Å². The highest BCUT2D eigenvalue weighted by Gasteiger charge is 2.21. The highest BCUT2D eigenvalue weighted by molar-refractivity contribution is 5.81. The van der Waals surface area contributed by atoms with Gasteiger partial charge in [-0.25, -0.2) is 0 Å². The fraction of sp³-hybridized carbons (Fsp3) is 0.435. The van der Waals surface area contributed by atoms with Gasteiger partial charge in [0.15, 0.2) is 6.10 Å². The van der Waals surface area contributed by atoms with E-state index in [1.807, 2.05) is 50.2 Å². The average molecular weight is 370 g/mol. The fourth-order valence-electron chi connectivity index (χ4n) is 2.80. The van der Waals surface area contributed by atoms with Crippen LogP contribution in [0.25, 0.3) is 0 Å². The summed E-state index contributed by atoms with van der Waals surface area (Å²) >= 11 is 0. The highest BCUT2D eigenvalue weighted by atomic mass is 16.5. The van der Waals surface area contributed by atoms with Crippen molar-refractivity contribution < 1.29 is 14.3 Å². The number of carbonyl (C=O) groups excluding carboxylic acids is 1. The normalized spacial score (nSPS) is 13.6. The van der Waals surface area contributed by atoms with Gasteiger partial charge < -0.3 is 14.8 Å². The van der Waals surface area contributed by atoms with Gasteiger partial charge in [0.05, 0.1) is 13.2 Å². The van der Waals surface area contributed by atoms with Gasteiger partial charge >= 0.3 is 0 Å². The number of nitrogens with one attached hydrogen (secondary N) is 1. The van der Waals surface area contributed by atoms with Crippen LogP contribution in [0.5, 0.6) is 11.5 Å². The number of amides is 1. The largest absolute Gasteiger partial charge is 0.497 e. The van der Waals surface area contributed by atoms with Crippen LogP contribution < -0.4 is 14.8 Å². The van der Waals surface area contributed by atoms with Crippen LogP contribution in [0.15, 0.2) is 48.5 Å². The van der Waals surface area contributed by atoms with Crippen LogP contribution in [-0.4, -0.2) is 19.1 Å². The number of methoxy groups -OCH3 is 1. The van der Waals surface area contributed by atoms with E-state index in [4.69, 9.17) is 9.47 Å². The second kappa shape index (κ2) is 8.94. The third-order valence-electron chi connectivity index (χ3n) is 4.64. The van der Waals surface area contributed by atoms with Crippen molar-refractivity contribution in [2.75, 3.05) is 7.11 Å². The fourth-order valence-corrected chi connectivity index (χ4v) is 2.80. The van der Waals surface area contributed by atoms with Crippen LogP contribution in [-0.2, 0) is 10.2 Å². The number of carbonyl (C=O) groups is 1. The quantitative estimate of drug-likeness (QED) is 0.745. The molecule has 0 radical (unpaired) electrons. The Morgan fingerprint density at radius 1 is 1.00 bits per heavy atom. The molecule has 0 aromatic heterocycles. The molecule has 4 nitrogen and oxygen atoms in total. The van der Waals surface area contributed by atoms with Gasteiger partial charge in [-0.05, 0) is 54.2 Å². The number of hydrogen-bond donors (Lipinski definition) is 1. The molecule has 27 heavy (non-hydrogen) atoms. The third-order valence-corrected chi connectivity index (χ3v) is 4.64. The lowest BCUT2D eigenvalue weighted by molar-refractivity contribution is -0.128. The standard InChI is InChI=1S/C23H31NO3/c1-7-21(27-20-14-10-18(11-15-20)23(3,4)5)22(25)24-16(2)17-8-12-19(26-6)13-9-17/h8-16,21H,7H2,1-6H3,(H,24,25)/t16-,21-/m0/s1. The van der Waals surface area contributed by atoms with Crippen molar-refractivity contribution in [2.24, 2.45) is 0 Å². The van der Waals surface area contributed by atoms with Crippen LogP contribution in [0.1, 0.15) is 58.2 Å². The first kappa shape index (κ1) is 20.8. The summed E-state index contributed by atoms with van der Waals surface area (Å²) in [7, 11) is 1.64. The number of hydrogen-bond acceptors (Lipinski definition) is 3. The molecular formula is C23H31NO3. The van der Waals surface area contributed by atoms with Crippen LogP contribution in [0, 0.1) is 0 Å². The Labute approximate surface area is 162 Å². The maximum Gasteiger partial charge on any atom is 0.261 e. The van der Waals surface area contributed by atoms with Gasteiger partial charge in [0.1, 0.15) is 11.5 Å². The maximum atomic E-state index is 12.7. The van der Waals surface area contributed by atoms with E-state index in [1.165, 1.54) is 5.56 Å². The van der Waals surface area contributed by atoms with Crippen molar-refractivity contribution in [3.8, 4) is 11.5 Å². The molecule has 0 aliphatic heterocycles. The Kier molecular flexibility index (Phi) is 6.89. The van der Waals surface area contributed by atoms with E-state index in [-0.39, 0.29) is 17.4 Å². The molecule has 0 bridgehead atoms. The predicted octanol–water partition coefficient (Wildman–Crippen LogP) is 5.03. The first-order valence-electron chi connectivity index (χ1n) is 9.46. The van der Waals surface area contributed by atoms with E-state index < -0.39 is 6.10 Å². The summed E-state index contributed by atoms with van der Waals surface area (Å²) in [5.74, 6) is 1.40. The van der Waals surface area contributed by atoms with Gasteiger partial charge in [-0.3, -0.25) is 4.79 Å². The van der Waals surface area contributed by atoms with Crippen molar-refractivity contribution in [3.63, 3.8) is 0 Å². The molecule has 1 amide bonds. The molecule has 0 aliphatic rings. The van der Waals surface area contributed by atoms with Crippen molar-refractivity contribution in [1.82, 2.24) is 5.32 Å². The summed E-state index contributed by atoms with van der Waals surface area (Å²) in [5, 5.41) is 3.04. The van der Waals surface area contributed by atoms with Gasteiger partial charge in [-0.2, -0.15) is 0 Å². The zero-order chi connectivity index (χ0) is 20.0. The van der Waals surface area contributed by atoms with Crippen molar-refractivity contribution in [3.05, 3.63) is 59.7 Å². The second-order valence-electron chi connectivity index (χ2n) is 7.79. The van der Waals surface area contributed by atoms with E-state index in [9.17, 15) is 4.79 Å². The SMILES string of the molecule is CC[C@H](Oc1ccc(C(C)(C)C)cc1)C(=O)N[C@@H](C)c1ccc(OC)cc1. The molecule has 2 atom stereocenters. The minimum absolute atomic E-state index is 0.0911. The highest BCUT2D eigenvalue weighted by Crippen LogP contribution is 2.25. The molecule has 0 unspecified atom stereocenters. The lowest BCUT2D eigenvalue weighted by Gasteiger charge is -2.22. The number of ether oxygens (including phenoxy) is 2. The Morgan fingerprint density at radius 2 is 1.56 bits per heavy atom. The summed E-state index contributed by atoms with van der Waals surface area (Å²) < 4.78 is 11.1. The lowest BCUT2D eigenvalue weighted by Crippen LogP contribution is -2.39. The van der Waals surface area contributed by atoms with Crippen molar-refractivity contribution >= 4 is 5.91 Å². The molecule has 146 valence electrons. The Hall–Kier alpha value is -2.49. The molecular weight excluding hydrogens is 338 g/mol. The Bertz CT molecular complexity index is 730. The smallest absolute Gasteiger partial charge is 0.261 e. The van der Waals surface area contributed by atoms with E-state index >= 15 is 0 Å². The molecule has 0 spiro atoms. The summed E-state index contributed by atoms with van der Waals surface area (Å²) in [6.45, 7) is 10.4. The van der Waals surface area contributed by atoms with E-state index in [2.05, 4.69) is 38.2 Å². The number of benzene rings is 2. The molecule has 2 rings (SSSR count). The molecule has 2 aromatic rings. The van der Waals surface area contributed by atoms with Gasteiger partial charge in [0.2, 0.25) is 0 Å². The van der Waals surface area contributed by atoms with E-state index in [0.717, 1.165) is 11.3 Å². The maximum absolute atomic E-state index is 12.7. The van der Waals surface area contributed by atoms with Crippen molar-refractivity contribution in [1.29, 1.82) is 0 Å². The molecule has 0 saturated heterocycles. The lowest BCUT2D eigenvalue weighted by atomic mass is 9.87. The summed E-state index contributed by atoms with van der Waals surface area (Å²) in [6.07, 6.45) is 0.0773. The minimum Gasteiger partial charge on any atom is -0.497 e. The van der Waals surface area contributed by atoms with Crippen LogP contribution in [0.2, 0.25) is 0 Å². The van der Waals surface area contributed by atoms with Gasteiger partial charge in [0, 0.05) is 0 Å². The van der Waals surface area contributed by atoms with Crippen LogP contribution in [0.3, 0.4) is 0 Å². The molecule has 0 aliphatic carbocycles. The van der Waals surface area contributed by atoms with E-state index in [0.29, 0.717) is 12.2 Å². The monoisotopic (exact) mass is 369 g/mol. The second-order valence-corrected chi connectivity index (χ2v) is 7.79. The summed E-state index contributed by atoms with van der Waals surface area (Å²) in [5.41, 5.74) is 2.35. The first-order chi connectivity index (χ1) is 12.7. The number of rotatable bonds is 7. The minimum atomic E-state index is -0.522. The third kappa shape index (κ3) is 5.75. The first-order valence-corrected chi connectivity index (χ1v) is 9.46. The average Bonchev–Trinajstić information content (AvgIpc) is 2.65. The molecule has 0 fully saturated rings. The molecule has 1 N–H and O–H groups in total. The topological polar surface area (TPSA) is 47.6 Å². The van der Waals surface area contributed by atoms with Gasteiger partial charge in [0.25, 0.3) is 5.91 Å². The zero-order valence-corrected chi connectivity index (χ0v) is 17.2. The summed E-state index contributed by atoms with van der Waals surface area (Å²) in [6, 6.07) is 15.6. The summed E-state index contributed by atoms with van der Waals surface area (Å²) in [4.78, 5) is 12.7. The molecule has 2 aromatic carbocycles. The van der Waals surface area contributed by atoms with Crippen LogP contribution >= 0.6 is 0 Å². The zero-order valence-electron chi connectivity index (χ0n) is 17.2. The van der Waals surface area contributed by atoms with Crippen molar-refractivity contribution in [2.45, 2.75) is 58.6 Å². The van der Waals surface area contributed by atoms with Crippen LogP contribution in [0.4, 0.5) is 0 Å². The Balaban J connectivity index is 2.00. The molecule has 0 saturated carbocycles. The van der Waals surface area contributed by atoms with Gasteiger partial charge in [-0.1, -0.05) is 52.0 Å². The predicted molar refractivity (Wildman–Crippen MR) is 109 cm³/mol. The molecule has 4 heteroatoms. The Morgan fingerprint density at radius 3 is 2.04 bits per heavy atom. The van der Waals surface area contributed by atoms with E-state index in [1.54, 1.807) is 7.11 Å². The molecule has 0 heterocycles.